The summed E-state index contributed by atoms with van der Waals surface area (Å²) in [6.45, 7) is 5.15. The van der Waals surface area contributed by atoms with Gasteiger partial charge in [0.15, 0.2) is 0 Å². The molecule has 0 bridgehead atoms. The highest BCUT2D eigenvalue weighted by atomic mass is 19.4. The largest absolute Gasteiger partial charge is 0.573 e. The lowest BCUT2D eigenvalue weighted by Gasteiger charge is -2.32. The maximum atomic E-state index is 12.3. The Bertz CT molecular complexity index is 451. The second kappa shape index (κ2) is 5.64. The number of alkyl halides is 3. The van der Waals surface area contributed by atoms with Crippen LogP contribution in [-0.4, -0.2) is 12.9 Å². The summed E-state index contributed by atoms with van der Waals surface area (Å²) in [4.78, 5) is 0. The number of rotatable bonds is 4. The van der Waals surface area contributed by atoms with E-state index in [0.29, 0.717) is 5.92 Å². The highest BCUT2D eigenvalue weighted by Crippen LogP contribution is 2.38. The van der Waals surface area contributed by atoms with Crippen molar-refractivity contribution in [3.8, 4) is 5.75 Å². The molecule has 1 aromatic carbocycles. The summed E-state index contributed by atoms with van der Waals surface area (Å²) in [7, 11) is 0. The highest BCUT2D eigenvalue weighted by molar-refractivity contribution is 5.34. The van der Waals surface area contributed by atoms with Crippen LogP contribution < -0.4 is 10.1 Å². The first-order valence-electron chi connectivity index (χ1n) is 6.92. The molecule has 112 valence electrons. The van der Waals surface area contributed by atoms with E-state index in [1.165, 1.54) is 12.1 Å². The second-order valence-corrected chi connectivity index (χ2v) is 5.79. The second-order valence-electron chi connectivity index (χ2n) is 5.79. The predicted molar refractivity (Wildman–Crippen MR) is 71.5 cm³/mol. The van der Waals surface area contributed by atoms with Crippen LogP contribution in [0, 0.1) is 5.92 Å². The zero-order valence-corrected chi connectivity index (χ0v) is 11.8. The molecule has 0 radical (unpaired) electrons. The Morgan fingerprint density at radius 2 is 2.10 bits per heavy atom. The third kappa shape index (κ3) is 3.66. The Kier molecular flexibility index (Phi) is 4.28. The third-order valence-corrected chi connectivity index (χ3v) is 3.62. The number of hydrogen-bond acceptors (Lipinski definition) is 2. The summed E-state index contributed by atoms with van der Waals surface area (Å²) < 4.78 is 41.0. The van der Waals surface area contributed by atoms with Crippen molar-refractivity contribution in [3.05, 3.63) is 29.8 Å². The van der Waals surface area contributed by atoms with Crippen molar-refractivity contribution in [1.82, 2.24) is 5.32 Å². The lowest BCUT2D eigenvalue weighted by molar-refractivity contribution is -0.274. The van der Waals surface area contributed by atoms with E-state index in [2.05, 4.69) is 23.9 Å². The standard InChI is InChI=1S/C15H20F3NO/c1-11(2)10-14(7-4-8-19-14)12-5-3-6-13(9-12)20-15(16,17)18/h3,5-6,9,11,19H,4,7-8,10H2,1-2H3. The van der Waals surface area contributed by atoms with E-state index >= 15 is 0 Å². The molecule has 1 fully saturated rings. The Morgan fingerprint density at radius 1 is 1.35 bits per heavy atom. The van der Waals surface area contributed by atoms with E-state index in [1.54, 1.807) is 6.07 Å². The van der Waals surface area contributed by atoms with Crippen LogP contribution in [0.2, 0.25) is 0 Å². The number of hydrogen-bond donors (Lipinski definition) is 1. The number of nitrogens with one attached hydrogen (secondary N) is 1. The van der Waals surface area contributed by atoms with Gasteiger partial charge < -0.3 is 10.1 Å². The molecule has 0 aliphatic carbocycles. The van der Waals surface area contributed by atoms with Gasteiger partial charge in [0.2, 0.25) is 0 Å². The van der Waals surface area contributed by atoms with Crippen molar-refractivity contribution in [2.24, 2.45) is 5.92 Å². The zero-order chi connectivity index (χ0) is 14.8. The number of benzene rings is 1. The van der Waals surface area contributed by atoms with Gasteiger partial charge in [-0.1, -0.05) is 26.0 Å². The van der Waals surface area contributed by atoms with Crippen LogP contribution in [0.25, 0.3) is 0 Å². The van der Waals surface area contributed by atoms with E-state index in [4.69, 9.17) is 0 Å². The van der Waals surface area contributed by atoms with Crippen LogP contribution >= 0.6 is 0 Å². The molecule has 0 aromatic heterocycles. The first-order valence-corrected chi connectivity index (χ1v) is 6.92. The minimum absolute atomic E-state index is 0.146. The molecule has 1 aliphatic rings. The molecule has 20 heavy (non-hydrogen) atoms. The van der Waals surface area contributed by atoms with Crippen molar-refractivity contribution < 1.29 is 17.9 Å². The summed E-state index contributed by atoms with van der Waals surface area (Å²) in [5.41, 5.74) is 0.657. The van der Waals surface area contributed by atoms with Crippen LogP contribution in [0.5, 0.6) is 5.75 Å². The average Bonchev–Trinajstić information content (AvgIpc) is 2.76. The van der Waals surface area contributed by atoms with Crippen LogP contribution in [0.4, 0.5) is 13.2 Å². The molecule has 1 atom stereocenters. The van der Waals surface area contributed by atoms with Gasteiger partial charge in [-0.2, -0.15) is 0 Å². The van der Waals surface area contributed by atoms with Gasteiger partial charge >= 0.3 is 6.36 Å². The minimum Gasteiger partial charge on any atom is -0.406 e. The van der Waals surface area contributed by atoms with Gasteiger partial charge in [-0.3, -0.25) is 0 Å². The van der Waals surface area contributed by atoms with Crippen molar-refractivity contribution in [3.63, 3.8) is 0 Å². The van der Waals surface area contributed by atoms with Gasteiger partial charge in [0, 0.05) is 5.54 Å². The van der Waals surface area contributed by atoms with E-state index in [1.807, 2.05) is 6.07 Å². The number of ether oxygens (including phenoxy) is 1. The third-order valence-electron chi connectivity index (χ3n) is 3.62. The molecule has 2 nitrogen and oxygen atoms in total. The summed E-state index contributed by atoms with van der Waals surface area (Å²) in [5.74, 6) is 0.319. The first kappa shape index (κ1) is 15.2. The van der Waals surface area contributed by atoms with Crippen LogP contribution in [-0.2, 0) is 5.54 Å². The molecule has 0 spiro atoms. The summed E-state index contributed by atoms with van der Waals surface area (Å²) in [6, 6.07) is 6.35. The monoisotopic (exact) mass is 287 g/mol. The average molecular weight is 287 g/mol. The van der Waals surface area contributed by atoms with Crippen LogP contribution in [0.15, 0.2) is 24.3 Å². The fourth-order valence-corrected chi connectivity index (χ4v) is 3.03. The summed E-state index contributed by atoms with van der Waals surface area (Å²) in [5, 5.41) is 3.47. The van der Waals surface area contributed by atoms with E-state index in [9.17, 15) is 13.2 Å². The van der Waals surface area contributed by atoms with E-state index < -0.39 is 6.36 Å². The summed E-state index contributed by atoms with van der Waals surface area (Å²) >= 11 is 0. The van der Waals surface area contributed by atoms with Gasteiger partial charge in [-0.15, -0.1) is 13.2 Å². The molecule has 1 saturated heterocycles. The van der Waals surface area contributed by atoms with Crippen molar-refractivity contribution in [2.75, 3.05) is 6.54 Å². The summed E-state index contributed by atoms with van der Waals surface area (Å²) in [6.07, 6.45) is -1.76. The van der Waals surface area contributed by atoms with Crippen molar-refractivity contribution in [1.29, 1.82) is 0 Å². The van der Waals surface area contributed by atoms with Gasteiger partial charge in [-0.25, -0.2) is 0 Å². The topological polar surface area (TPSA) is 21.3 Å². The van der Waals surface area contributed by atoms with E-state index in [0.717, 1.165) is 31.4 Å². The maximum absolute atomic E-state index is 12.3. The molecule has 1 aliphatic heterocycles. The molecule has 2 rings (SSSR count). The smallest absolute Gasteiger partial charge is 0.406 e. The fraction of sp³-hybridized carbons (Fsp3) is 0.600. The van der Waals surface area contributed by atoms with Gasteiger partial charge in [0.1, 0.15) is 5.75 Å². The highest BCUT2D eigenvalue weighted by Gasteiger charge is 2.37. The van der Waals surface area contributed by atoms with Crippen molar-refractivity contribution >= 4 is 0 Å². The molecular weight excluding hydrogens is 267 g/mol. The normalized spacial score (nSPS) is 23.3. The Labute approximate surface area is 117 Å². The zero-order valence-electron chi connectivity index (χ0n) is 11.8. The Hall–Kier alpha value is -1.23. The molecule has 1 heterocycles. The lowest BCUT2D eigenvalue weighted by Crippen LogP contribution is -2.38. The van der Waals surface area contributed by atoms with Gasteiger partial charge in [0.25, 0.3) is 0 Å². The van der Waals surface area contributed by atoms with Crippen molar-refractivity contribution in [2.45, 2.75) is 45.0 Å². The predicted octanol–water partition coefficient (Wildman–Crippen LogP) is 4.21. The maximum Gasteiger partial charge on any atom is 0.573 e. The molecular formula is C15H20F3NO. The molecule has 1 aromatic rings. The van der Waals surface area contributed by atoms with Crippen LogP contribution in [0.1, 0.15) is 38.7 Å². The Morgan fingerprint density at radius 3 is 2.65 bits per heavy atom. The lowest BCUT2D eigenvalue weighted by atomic mass is 9.81. The molecule has 0 saturated carbocycles. The molecule has 0 amide bonds. The quantitative estimate of drug-likeness (QED) is 0.895. The SMILES string of the molecule is CC(C)CC1(c2cccc(OC(F)(F)F)c2)CCCN1. The minimum atomic E-state index is -4.65. The van der Waals surface area contributed by atoms with Gasteiger partial charge in [-0.05, 0) is 49.4 Å². The van der Waals surface area contributed by atoms with Crippen LogP contribution in [0.3, 0.4) is 0 Å². The van der Waals surface area contributed by atoms with Gasteiger partial charge in [0.05, 0.1) is 0 Å². The number of halogens is 3. The molecule has 1 N–H and O–H groups in total. The Balaban J connectivity index is 2.28. The fourth-order valence-electron chi connectivity index (χ4n) is 3.03. The first-order chi connectivity index (χ1) is 9.31. The van der Waals surface area contributed by atoms with E-state index in [-0.39, 0.29) is 11.3 Å². The molecule has 5 heteroatoms. The molecule has 1 unspecified atom stereocenters.